The first kappa shape index (κ1) is 17.9. The lowest BCUT2D eigenvalue weighted by molar-refractivity contribution is 0.264. The summed E-state index contributed by atoms with van der Waals surface area (Å²) in [5.41, 5.74) is 3.58. The number of hydrogen-bond acceptors (Lipinski definition) is 3. The van der Waals surface area contributed by atoms with Crippen LogP contribution in [0.1, 0.15) is 24.8 Å². The fraction of sp³-hybridized carbons (Fsp3) is 0.381. The fourth-order valence-corrected chi connectivity index (χ4v) is 3.75. The Morgan fingerprint density at radius 2 is 1.70 bits per heavy atom. The summed E-state index contributed by atoms with van der Waals surface area (Å²) in [6, 6.07) is 11.1. The molecule has 1 fully saturated rings. The van der Waals surface area contributed by atoms with E-state index in [1.54, 1.807) is 6.33 Å². The van der Waals surface area contributed by atoms with Crippen molar-refractivity contribution in [3.8, 4) is 0 Å². The van der Waals surface area contributed by atoms with Crippen LogP contribution in [0.3, 0.4) is 0 Å². The number of piperidine rings is 1. The molecular weight excluding hydrogens is 346 g/mol. The number of benzene rings is 2. The first-order valence-electron chi connectivity index (χ1n) is 9.42. The van der Waals surface area contributed by atoms with E-state index in [1.165, 1.54) is 36.6 Å². The minimum atomic E-state index is -0.866. The predicted molar refractivity (Wildman–Crippen MR) is 104 cm³/mol. The second-order valence-electron chi connectivity index (χ2n) is 7.34. The smallest absolute Gasteiger partial charge is 0.161 e. The van der Waals surface area contributed by atoms with E-state index in [2.05, 4.69) is 39.0 Å². The van der Waals surface area contributed by atoms with E-state index in [0.717, 1.165) is 25.7 Å². The van der Waals surface area contributed by atoms with Crippen molar-refractivity contribution >= 4 is 16.7 Å². The Morgan fingerprint density at radius 3 is 2.44 bits per heavy atom. The van der Waals surface area contributed by atoms with Gasteiger partial charge in [0.1, 0.15) is 0 Å². The summed E-state index contributed by atoms with van der Waals surface area (Å²) in [5, 5.41) is 0. The minimum Gasteiger partial charge on any atom is -0.372 e. The van der Waals surface area contributed by atoms with E-state index < -0.39 is 11.6 Å². The number of anilines is 1. The Hall–Kier alpha value is -2.47. The van der Waals surface area contributed by atoms with E-state index in [1.807, 2.05) is 11.6 Å². The predicted octanol–water partition coefficient (Wildman–Crippen LogP) is 4.39. The molecule has 6 heteroatoms. The third-order valence-electron chi connectivity index (χ3n) is 5.17. The maximum Gasteiger partial charge on any atom is 0.161 e. The Balaban J connectivity index is 1.42. The van der Waals surface area contributed by atoms with Crippen molar-refractivity contribution in [2.24, 2.45) is 0 Å². The highest BCUT2D eigenvalue weighted by molar-refractivity contribution is 5.75. The van der Waals surface area contributed by atoms with Crippen molar-refractivity contribution in [1.29, 1.82) is 0 Å². The maximum atomic E-state index is 13.5. The van der Waals surface area contributed by atoms with Crippen molar-refractivity contribution in [3.63, 3.8) is 0 Å². The van der Waals surface area contributed by atoms with E-state index in [4.69, 9.17) is 0 Å². The number of nitrogens with zero attached hydrogens (tertiary/aromatic N) is 4. The van der Waals surface area contributed by atoms with Crippen LogP contribution in [0.2, 0.25) is 0 Å². The molecule has 0 aliphatic carbocycles. The first-order valence-corrected chi connectivity index (χ1v) is 9.42. The molecule has 2 aromatic carbocycles. The molecule has 1 aliphatic rings. The summed E-state index contributed by atoms with van der Waals surface area (Å²) < 4.78 is 28.7. The van der Waals surface area contributed by atoms with Crippen molar-refractivity contribution in [1.82, 2.24) is 14.5 Å². The molecule has 0 spiro atoms. The second kappa shape index (κ2) is 7.64. The topological polar surface area (TPSA) is 24.3 Å². The van der Waals surface area contributed by atoms with Gasteiger partial charge in [0.15, 0.2) is 11.6 Å². The lowest BCUT2D eigenvalue weighted by Crippen LogP contribution is -2.29. The lowest BCUT2D eigenvalue weighted by Gasteiger charge is -2.29. The first-order chi connectivity index (χ1) is 13.1. The molecule has 2 heterocycles. The van der Waals surface area contributed by atoms with Crippen LogP contribution in [0.5, 0.6) is 0 Å². The standard InChI is InChI=1S/C21H24F2N4/c1-25(15-27-14-24-20-11-18(22)19(23)12-21(20)27)13-16-5-7-17(8-6-16)26-9-3-2-4-10-26/h5-8,11-12,14H,2-4,9-10,13,15H2,1H3. The van der Waals surface area contributed by atoms with Gasteiger partial charge < -0.3 is 9.47 Å². The second-order valence-corrected chi connectivity index (χ2v) is 7.34. The largest absolute Gasteiger partial charge is 0.372 e. The molecule has 3 aromatic rings. The zero-order valence-corrected chi connectivity index (χ0v) is 15.5. The van der Waals surface area contributed by atoms with Gasteiger partial charge in [0.25, 0.3) is 0 Å². The zero-order valence-electron chi connectivity index (χ0n) is 15.5. The lowest BCUT2D eigenvalue weighted by atomic mass is 10.1. The van der Waals surface area contributed by atoms with E-state index in [0.29, 0.717) is 17.7 Å². The van der Waals surface area contributed by atoms with Crippen LogP contribution in [-0.4, -0.2) is 34.6 Å². The van der Waals surface area contributed by atoms with E-state index in [-0.39, 0.29) is 0 Å². The van der Waals surface area contributed by atoms with Gasteiger partial charge in [-0.15, -0.1) is 0 Å². The van der Waals surface area contributed by atoms with Gasteiger partial charge in [-0.2, -0.15) is 0 Å². The summed E-state index contributed by atoms with van der Waals surface area (Å²) in [5.74, 6) is -1.71. The summed E-state index contributed by atoms with van der Waals surface area (Å²) >= 11 is 0. The molecule has 0 amide bonds. The minimum absolute atomic E-state index is 0.466. The van der Waals surface area contributed by atoms with Crippen LogP contribution in [-0.2, 0) is 13.2 Å². The summed E-state index contributed by atoms with van der Waals surface area (Å²) in [7, 11) is 2.00. The quantitative estimate of drug-likeness (QED) is 0.666. The third-order valence-corrected chi connectivity index (χ3v) is 5.17. The molecule has 4 rings (SSSR count). The molecule has 0 radical (unpaired) electrons. The van der Waals surface area contributed by atoms with Gasteiger partial charge in [-0.05, 0) is 44.0 Å². The molecule has 0 atom stereocenters. The summed E-state index contributed by atoms with van der Waals surface area (Å²) in [4.78, 5) is 8.74. The van der Waals surface area contributed by atoms with Crippen LogP contribution in [0, 0.1) is 11.6 Å². The van der Waals surface area contributed by atoms with E-state index in [9.17, 15) is 8.78 Å². The SMILES string of the molecule is CN(Cc1ccc(N2CCCCC2)cc1)Cn1cnc2cc(F)c(F)cc21. The van der Waals surface area contributed by atoms with Crippen LogP contribution in [0.15, 0.2) is 42.7 Å². The molecule has 4 nitrogen and oxygen atoms in total. The van der Waals surface area contributed by atoms with Gasteiger partial charge in [0.2, 0.25) is 0 Å². The highest BCUT2D eigenvalue weighted by atomic mass is 19.2. The molecule has 1 aliphatic heterocycles. The summed E-state index contributed by atoms with van der Waals surface area (Å²) in [6.45, 7) is 3.60. The molecule has 1 saturated heterocycles. The Kier molecular flexibility index (Phi) is 5.07. The zero-order chi connectivity index (χ0) is 18.8. The number of hydrogen-bond donors (Lipinski definition) is 0. The number of aromatic nitrogens is 2. The van der Waals surface area contributed by atoms with Gasteiger partial charge in [0, 0.05) is 37.5 Å². The van der Waals surface area contributed by atoms with Gasteiger partial charge in [-0.1, -0.05) is 12.1 Å². The van der Waals surface area contributed by atoms with Gasteiger partial charge >= 0.3 is 0 Å². The van der Waals surface area contributed by atoms with Crippen LogP contribution in [0.4, 0.5) is 14.5 Å². The van der Waals surface area contributed by atoms with Crippen LogP contribution >= 0.6 is 0 Å². The molecule has 0 bridgehead atoms. The number of halogens is 2. The van der Waals surface area contributed by atoms with Crippen molar-refractivity contribution in [2.75, 3.05) is 25.0 Å². The number of imidazole rings is 1. The van der Waals surface area contributed by atoms with Gasteiger partial charge in [0.05, 0.1) is 24.0 Å². The molecule has 142 valence electrons. The molecule has 27 heavy (non-hydrogen) atoms. The molecule has 1 aromatic heterocycles. The monoisotopic (exact) mass is 370 g/mol. The van der Waals surface area contributed by atoms with Crippen LogP contribution in [0.25, 0.3) is 11.0 Å². The van der Waals surface area contributed by atoms with Gasteiger partial charge in [-0.3, -0.25) is 4.90 Å². The fourth-order valence-electron chi connectivity index (χ4n) is 3.75. The molecule has 0 saturated carbocycles. The van der Waals surface area contributed by atoms with Crippen molar-refractivity contribution < 1.29 is 8.78 Å². The van der Waals surface area contributed by atoms with Crippen LogP contribution < -0.4 is 4.90 Å². The molecule has 0 N–H and O–H groups in total. The third kappa shape index (κ3) is 3.95. The molecular formula is C21H24F2N4. The van der Waals surface area contributed by atoms with Crippen molar-refractivity contribution in [2.45, 2.75) is 32.5 Å². The highest BCUT2D eigenvalue weighted by Crippen LogP contribution is 2.21. The van der Waals surface area contributed by atoms with Crippen molar-refractivity contribution in [3.05, 3.63) is 59.9 Å². The number of rotatable bonds is 5. The summed E-state index contributed by atoms with van der Waals surface area (Å²) in [6.07, 6.45) is 5.50. The maximum absolute atomic E-state index is 13.5. The highest BCUT2D eigenvalue weighted by Gasteiger charge is 2.12. The normalized spacial score (nSPS) is 15.0. The average molecular weight is 370 g/mol. The Labute approximate surface area is 158 Å². The molecule has 0 unspecified atom stereocenters. The Bertz CT molecular complexity index is 914. The average Bonchev–Trinajstić information content (AvgIpc) is 3.05. The Morgan fingerprint density at radius 1 is 1.00 bits per heavy atom. The number of fused-ring (bicyclic) bond motifs is 1. The van der Waals surface area contributed by atoms with E-state index >= 15 is 0 Å². The van der Waals surface area contributed by atoms with Gasteiger partial charge in [-0.25, -0.2) is 13.8 Å².